The Kier molecular flexibility index (Phi) is 8.19. The molecule has 0 N–H and O–H groups in total. The predicted octanol–water partition coefficient (Wildman–Crippen LogP) is 14.0. The SMILES string of the molecule is Fc1cc(F)cc(-n2c3cccc4ccc5cc(-c6ccc(/C=C/c7ccc(-c8ccc(N(c9ccccc9)c9ccccc9)cc8)cn7)cc6)cc2c5c43)c1. The van der Waals surface area contributed by atoms with E-state index in [4.69, 9.17) is 4.98 Å². The van der Waals surface area contributed by atoms with Crippen molar-refractivity contribution in [2.24, 2.45) is 0 Å². The first-order chi connectivity index (χ1) is 27.6. The van der Waals surface area contributed by atoms with Gasteiger partial charge in [-0.25, -0.2) is 8.78 Å². The van der Waals surface area contributed by atoms with Gasteiger partial charge in [0.15, 0.2) is 0 Å². The molecule has 0 saturated heterocycles. The lowest BCUT2D eigenvalue weighted by Gasteiger charge is -2.25. The maximum Gasteiger partial charge on any atom is 0.128 e. The molecule has 2 aromatic heterocycles. The Morgan fingerprint density at radius 3 is 1.73 bits per heavy atom. The van der Waals surface area contributed by atoms with Gasteiger partial charge in [-0.2, -0.15) is 0 Å². The monoisotopic (exact) mass is 725 g/mol. The number of halogens is 2. The van der Waals surface area contributed by atoms with E-state index in [1.165, 1.54) is 12.1 Å². The van der Waals surface area contributed by atoms with Crippen LogP contribution in [-0.4, -0.2) is 9.55 Å². The molecule has 2 heterocycles. The fourth-order valence-corrected chi connectivity index (χ4v) is 7.85. The van der Waals surface area contributed by atoms with Crippen molar-refractivity contribution in [3.05, 3.63) is 211 Å². The summed E-state index contributed by atoms with van der Waals surface area (Å²) in [5, 5.41) is 4.34. The Bertz CT molecular complexity index is 2950. The lowest BCUT2D eigenvalue weighted by molar-refractivity contribution is 0.582. The molecule has 0 saturated carbocycles. The van der Waals surface area contributed by atoms with Gasteiger partial charge in [0, 0.05) is 45.7 Å². The molecule has 56 heavy (non-hydrogen) atoms. The molecule has 0 radical (unpaired) electrons. The highest BCUT2D eigenvalue weighted by Crippen LogP contribution is 2.41. The van der Waals surface area contributed by atoms with Gasteiger partial charge in [0.2, 0.25) is 0 Å². The van der Waals surface area contributed by atoms with Crippen LogP contribution in [0.25, 0.3) is 72.7 Å². The highest BCUT2D eigenvalue weighted by Gasteiger charge is 2.19. The summed E-state index contributed by atoms with van der Waals surface area (Å²) < 4.78 is 30.9. The van der Waals surface area contributed by atoms with Crippen LogP contribution < -0.4 is 4.90 Å². The normalized spacial score (nSPS) is 11.7. The van der Waals surface area contributed by atoms with Crippen LogP contribution in [0.5, 0.6) is 0 Å². The van der Waals surface area contributed by atoms with Crippen LogP contribution >= 0.6 is 0 Å². The molecule has 0 unspecified atom stereocenters. The van der Waals surface area contributed by atoms with E-state index in [1.807, 2.05) is 47.2 Å². The molecule has 5 heteroatoms. The maximum absolute atomic E-state index is 14.5. The Morgan fingerprint density at radius 2 is 1.05 bits per heavy atom. The van der Waals surface area contributed by atoms with Gasteiger partial charge in [-0.05, 0) is 112 Å². The molecule has 0 spiro atoms. The second-order valence-electron chi connectivity index (χ2n) is 14.0. The lowest BCUT2D eigenvalue weighted by Crippen LogP contribution is -2.09. The van der Waals surface area contributed by atoms with Crippen LogP contribution in [-0.2, 0) is 0 Å². The van der Waals surface area contributed by atoms with E-state index in [2.05, 4.69) is 144 Å². The van der Waals surface area contributed by atoms with E-state index in [0.717, 1.165) is 89.2 Å². The average molecular weight is 726 g/mol. The van der Waals surface area contributed by atoms with Crippen LogP contribution in [0, 0.1) is 11.6 Å². The lowest BCUT2D eigenvalue weighted by atomic mass is 9.97. The minimum absolute atomic E-state index is 0.457. The molecule has 0 aliphatic rings. The number of hydrogen-bond donors (Lipinski definition) is 0. The van der Waals surface area contributed by atoms with Crippen LogP contribution in [0.1, 0.15) is 11.3 Å². The smallest absolute Gasteiger partial charge is 0.128 e. The van der Waals surface area contributed by atoms with Gasteiger partial charge in [-0.1, -0.05) is 109 Å². The molecule has 0 aliphatic carbocycles. The number of para-hydroxylation sites is 2. The fourth-order valence-electron chi connectivity index (χ4n) is 7.85. The first-order valence-electron chi connectivity index (χ1n) is 18.6. The number of pyridine rings is 1. The average Bonchev–Trinajstić information content (AvgIpc) is 3.58. The molecule has 0 amide bonds. The first-order valence-corrected chi connectivity index (χ1v) is 18.6. The molecule has 266 valence electrons. The van der Waals surface area contributed by atoms with E-state index in [0.29, 0.717) is 5.69 Å². The van der Waals surface area contributed by atoms with Crippen LogP contribution in [0.15, 0.2) is 188 Å². The summed E-state index contributed by atoms with van der Waals surface area (Å²) in [6.07, 6.45) is 6.01. The number of aromatic nitrogens is 2. The van der Waals surface area contributed by atoms with Crippen molar-refractivity contribution in [2.75, 3.05) is 4.90 Å². The van der Waals surface area contributed by atoms with Gasteiger partial charge < -0.3 is 9.47 Å². The molecular formula is C51H33F2N3. The van der Waals surface area contributed by atoms with E-state index < -0.39 is 11.6 Å². The third-order valence-electron chi connectivity index (χ3n) is 10.5. The van der Waals surface area contributed by atoms with Gasteiger partial charge in [0.05, 0.1) is 22.4 Å². The molecule has 10 rings (SSSR count). The molecule has 10 aromatic rings. The van der Waals surface area contributed by atoms with Crippen molar-refractivity contribution in [3.8, 4) is 27.9 Å². The summed E-state index contributed by atoms with van der Waals surface area (Å²) in [6, 6.07) is 60.2. The first kappa shape index (κ1) is 33.2. The summed E-state index contributed by atoms with van der Waals surface area (Å²) in [5.74, 6) is -1.21. The van der Waals surface area contributed by atoms with Crippen molar-refractivity contribution in [3.63, 3.8) is 0 Å². The fraction of sp³-hybridized carbons (Fsp3) is 0. The molecule has 0 aliphatic heterocycles. The van der Waals surface area contributed by atoms with E-state index in [9.17, 15) is 8.78 Å². The summed E-state index contributed by atoms with van der Waals surface area (Å²) in [6.45, 7) is 0. The standard InChI is InChI=1S/C51H33F2N3/c52-41-30-42(53)32-47(31-41)56-48-13-7-8-37-19-20-38-28-40(29-49(56)51(38)50(37)48)36-17-14-34(15-18-36)16-24-43-25-21-39(33-54-43)35-22-26-46(27-23-35)55(44-9-3-1-4-10-44)45-11-5-2-6-12-45/h1-33H/b24-16+. The van der Waals surface area contributed by atoms with Crippen molar-refractivity contribution >= 4 is 61.8 Å². The second-order valence-corrected chi connectivity index (χ2v) is 14.0. The van der Waals surface area contributed by atoms with Crippen LogP contribution in [0.2, 0.25) is 0 Å². The van der Waals surface area contributed by atoms with Gasteiger partial charge in [-0.3, -0.25) is 4.98 Å². The minimum Gasteiger partial charge on any atom is -0.311 e. The summed E-state index contributed by atoms with van der Waals surface area (Å²) in [7, 11) is 0. The minimum atomic E-state index is -0.606. The van der Waals surface area contributed by atoms with Gasteiger partial charge >= 0.3 is 0 Å². The number of benzene rings is 8. The number of anilines is 3. The molecular weight excluding hydrogens is 693 g/mol. The quantitative estimate of drug-likeness (QED) is 0.145. The maximum atomic E-state index is 14.5. The highest BCUT2D eigenvalue weighted by atomic mass is 19.1. The molecule has 0 fully saturated rings. The molecule has 3 nitrogen and oxygen atoms in total. The Morgan fingerprint density at radius 1 is 0.446 bits per heavy atom. The van der Waals surface area contributed by atoms with E-state index in [-0.39, 0.29) is 0 Å². The van der Waals surface area contributed by atoms with E-state index >= 15 is 0 Å². The second kappa shape index (κ2) is 13.8. The third-order valence-corrected chi connectivity index (χ3v) is 10.5. The zero-order valence-electron chi connectivity index (χ0n) is 30.2. The van der Waals surface area contributed by atoms with Gasteiger partial charge in [0.25, 0.3) is 0 Å². The molecule has 8 aromatic carbocycles. The summed E-state index contributed by atoms with van der Waals surface area (Å²) in [4.78, 5) is 7.00. The van der Waals surface area contributed by atoms with Crippen molar-refractivity contribution in [2.45, 2.75) is 0 Å². The number of rotatable bonds is 8. The van der Waals surface area contributed by atoms with E-state index in [1.54, 1.807) is 0 Å². The van der Waals surface area contributed by atoms with Crippen LogP contribution in [0.3, 0.4) is 0 Å². The van der Waals surface area contributed by atoms with Crippen molar-refractivity contribution < 1.29 is 8.78 Å². The van der Waals surface area contributed by atoms with Crippen molar-refractivity contribution in [1.82, 2.24) is 9.55 Å². The highest BCUT2D eigenvalue weighted by molar-refractivity contribution is 6.25. The predicted molar refractivity (Wildman–Crippen MR) is 228 cm³/mol. The van der Waals surface area contributed by atoms with Gasteiger partial charge in [-0.15, -0.1) is 0 Å². The molecule has 0 bridgehead atoms. The molecule has 0 atom stereocenters. The Hall–Kier alpha value is -7.37. The largest absolute Gasteiger partial charge is 0.311 e. The Labute approximate surface area is 323 Å². The zero-order valence-corrected chi connectivity index (χ0v) is 30.2. The third kappa shape index (κ3) is 6.05. The van der Waals surface area contributed by atoms with Gasteiger partial charge in [0.1, 0.15) is 11.6 Å². The van der Waals surface area contributed by atoms with Crippen LogP contribution in [0.4, 0.5) is 25.8 Å². The zero-order chi connectivity index (χ0) is 37.6. The number of nitrogens with zero attached hydrogens (tertiary/aromatic N) is 3. The topological polar surface area (TPSA) is 21.1 Å². The summed E-state index contributed by atoms with van der Waals surface area (Å²) >= 11 is 0. The number of hydrogen-bond acceptors (Lipinski definition) is 2. The summed E-state index contributed by atoms with van der Waals surface area (Å²) in [5.41, 5.74) is 11.7. The Balaban J connectivity index is 0.899. The van der Waals surface area contributed by atoms with Crippen molar-refractivity contribution in [1.29, 1.82) is 0 Å².